The smallest absolute Gasteiger partial charge is 0.0951 e. The first-order chi connectivity index (χ1) is 6.29. The number of hydrogen-bond donors (Lipinski definition) is 1. The van der Waals surface area contributed by atoms with E-state index in [1.165, 1.54) is 11.3 Å². The summed E-state index contributed by atoms with van der Waals surface area (Å²) < 4.78 is 5.24. The lowest BCUT2D eigenvalue weighted by atomic mass is 10.00. The Bertz CT molecular complexity index is 281. The number of aliphatic hydroxyl groups is 1. The highest BCUT2D eigenvalue weighted by Crippen LogP contribution is 2.32. The van der Waals surface area contributed by atoms with Gasteiger partial charge in [-0.15, -0.1) is 11.3 Å². The molecule has 0 aromatic carbocycles. The Hall–Kier alpha value is -0.450. The fraction of sp³-hybridized carbons (Fsp3) is 0.667. The van der Waals surface area contributed by atoms with Crippen molar-refractivity contribution < 1.29 is 9.84 Å². The van der Waals surface area contributed by atoms with Crippen molar-refractivity contribution >= 4 is 11.3 Å². The van der Waals surface area contributed by atoms with Gasteiger partial charge in [-0.25, -0.2) is 4.98 Å². The van der Waals surface area contributed by atoms with Gasteiger partial charge in [-0.2, -0.15) is 0 Å². The molecule has 72 valence electrons. The van der Waals surface area contributed by atoms with E-state index in [4.69, 9.17) is 4.74 Å². The van der Waals surface area contributed by atoms with Crippen LogP contribution in [-0.2, 0) is 4.74 Å². The Kier molecular flexibility index (Phi) is 2.62. The molecule has 0 aliphatic carbocycles. The summed E-state index contributed by atoms with van der Waals surface area (Å²) >= 11 is 1.53. The molecule has 4 heteroatoms. The number of hydrogen-bond acceptors (Lipinski definition) is 4. The molecule has 1 aromatic rings. The summed E-state index contributed by atoms with van der Waals surface area (Å²) in [5.41, 5.74) is 2.73. The third kappa shape index (κ3) is 1.75. The Labute approximate surface area is 81.4 Å². The molecule has 13 heavy (non-hydrogen) atoms. The van der Waals surface area contributed by atoms with E-state index in [2.05, 4.69) is 4.98 Å². The highest BCUT2D eigenvalue weighted by Gasteiger charge is 2.27. The van der Waals surface area contributed by atoms with Gasteiger partial charge in [0.1, 0.15) is 0 Å². The second-order valence-electron chi connectivity index (χ2n) is 3.37. The van der Waals surface area contributed by atoms with Gasteiger partial charge >= 0.3 is 0 Å². The van der Waals surface area contributed by atoms with Gasteiger partial charge in [0, 0.05) is 12.5 Å². The number of nitrogens with zero attached hydrogens (tertiary/aromatic N) is 1. The molecule has 2 heterocycles. The van der Waals surface area contributed by atoms with Crippen molar-refractivity contribution in [3.63, 3.8) is 0 Å². The second-order valence-corrected chi connectivity index (χ2v) is 4.26. The summed E-state index contributed by atoms with van der Waals surface area (Å²) in [5.74, 6) is 0.263. The average Bonchev–Trinajstić information content (AvgIpc) is 2.72. The van der Waals surface area contributed by atoms with Gasteiger partial charge in [0.25, 0.3) is 0 Å². The first kappa shape index (κ1) is 9.12. The van der Waals surface area contributed by atoms with E-state index >= 15 is 0 Å². The largest absolute Gasteiger partial charge is 0.387 e. The maximum atomic E-state index is 9.98. The van der Waals surface area contributed by atoms with Gasteiger partial charge in [0.15, 0.2) is 0 Å². The fourth-order valence-corrected chi connectivity index (χ4v) is 2.49. The minimum absolute atomic E-state index is 0.263. The normalized spacial score (nSPS) is 24.9. The van der Waals surface area contributed by atoms with E-state index in [0.717, 1.165) is 23.6 Å². The number of aryl methyl sites for hydroxylation is 1. The molecular weight excluding hydrogens is 186 g/mol. The molecule has 2 rings (SSSR count). The number of aliphatic hydroxyl groups excluding tert-OH is 1. The first-order valence-electron chi connectivity index (χ1n) is 4.45. The minimum atomic E-state index is -0.380. The van der Waals surface area contributed by atoms with E-state index in [0.29, 0.717) is 6.61 Å². The van der Waals surface area contributed by atoms with Crippen LogP contribution in [0, 0.1) is 12.8 Å². The molecule has 0 bridgehead atoms. The zero-order valence-electron chi connectivity index (χ0n) is 7.56. The van der Waals surface area contributed by atoms with Crippen LogP contribution in [0.3, 0.4) is 0 Å². The molecule has 1 aromatic heterocycles. The molecule has 2 unspecified atom stereocenters. The third-order valence-corrected chi connectivity index (χ3v) is 3.46. The van der Waals surface area contributed by atoms with Crippen molar-refractivity contribution in [1.29, 1.82) is 0 Å². The Morgan fingerprint density at radius 1 is 1.77 bits per heavy atom. The van der Waals surface area contributed by atoms with Crippen LogP contribution in [0.1, 0.15) is 23.1 Å². The molecule has 1 aliphatic heterocycles. The van der Waals surface area contributed by atoms with Gasteiger partial charge in [-0.3, -0.25) is 0 Å². The molecule has 1 saturated heterocycles. The molecule has 3 nitrogen and oxygen atoms in total. The standard InChI is InChI=1S/C9H13NO2S/c1-6-9(13-5-10-6)8(11)7-2-3-12-4-7/h5,7-8,11H,2-4H2,1H3. The number of ether oxygens (including phenoxy) is 1. The average molecular weight is 199 g/mol. The Morgan fingerprint density at radius 3 is 3.15 bits per heavy atom. The predicted octanol–water partition coefficient (Wildman–Crippen LogP) is 1.52. The van der Waals surface area contributed by atoms with Crippen molar-refractivity contribution in [1.82, 2.24) is 4.98 Å². The summed E-state index contributed by atoms with van der Waals surface area (Å²) in [6, 6.07) is 0. The predicted molar refractivity (Wildman–Crippen MR) is 50.7 cm³/mol. The highest BCUT2D eigenvalue weighted by molar-refractivity contribution is 7.09. The molecule has 1 aliphatic rings. The molecule has 0 amide bonds. The lowest BCUT2D eigenvalue weighted by molar-refractivity contribution is 0.0939. The number of thiazole rings is 1. The van der Waals surface area contributed by atoms with Crippen LogP contribution in [0.25, 0.3) is 0 Å². The van der Waals surface area contributed by atoms with Gasteiger partial charge in [-0.1, -0.05) is 0 Å². The molecule has 0 spiro atoms. The van der Waals surface area contributed by atoms with E-state index in [1.807, 2.05) is 6.92 Å². The van der Waals surface area contributed by atoms with Crippen LogP contribution in [0.15, 0.2) is 5.51 Å². The Balaban J connectivity index is 2.12. The minimum Gasteiger partial charge on any atom is -0.387 e. The lowest BCUT2D eigenvalue weighted by Crippen LogP contribution is -2.12. The van der Waals surface area contributed by atoms with E-state index in [1.54, 1.807) is 5.51 Å². The summed E-state index contributed by atoms with van der Waals surface area (Å²) in [7, 11) is 0. The van der Waals surface area contributed by atoms with Crippen LogP contribution in [0.5, 0.6) is 0 Å². The van der Waals surface area contributed by atoms with Gasteiger partial charge in [-0.05, 0) is 13.3 Å². The lowest BCUT2D eigenvalue weighted by Gasteiger charge is -2.14. The maximum absolute atomic E-state index is 9.98. The highest BCUT2D eigenvalue weighted by atomic mass is 32.1. The van der Waals surface area contributed by atoms with Crippen LogP contribution in [-0.4, -0.2) is 23.3 Å². The monoisotopic (exact) mass is 199 g/mol. The van der Waals surface area contributed by atoms with Crippen LogP contribution in [0.4, 0.5) is 0 Å². The molecule has 1 N–H and O–H groups in total. The van der Waals surface area contributed by atoms with Gasteiger partial charge in [0.2, 0.25) is 0 Å². The summed E-state index contributed by atoms with van der Waals surface area (Å²) in [6.07, 6.45) is 0.577. The molecule has 2 atom stereocenters. The Morgan fingerprint density at radius 2 is 2.62 bits per heavy atom. The molecule has 0 saturated carbocycles. The van der Waals surface area contributed by atoms with Crippen molar-refractivity contribution in [2.24, 2.45) is 5.92 Å². The van der Waals surface area contributed by atoms with Gasteiger partial charge in [0.05, 0.1) is 28.8 Å². The van der Waals surface area contributed by atoms with Crippen molar-refractivity contribution in [2.75, 3.05) is 13.2 Å². The maximum Gasteiger partial charge on any atom is 0.0951 e. The van der Waals surface area contributed by atoms with E-state index in [-0.39, 0.29) is 12.0 Å². The number of rotatable bonds is 2. The van der Waals surface area contributed by atoms with Crippen molar-refractivity contribution in [3.8, 4) is 0 Å². The molecule has 0 radical (unpaired) electrons. The zero-order chi connectivity index (χ0) is 9.26. The molecular formula is C9H13NO2S. The van der Waals surface area contributed by atoms with E-state index < -0.39 is 0 Å². The second kappa shape index (κ2) is 3.74. The molecule has 1 fully saturated rings. The SMILES string of the molecule is Cc1ncsc1C(O)C1CCOC1. The third-order valence-electron chi connectivity index (χ3n) is 2.46. The zero-order valence-corrected chi connectivity index (χ0v) is 8.38. The van der Waals surface area contributed by atoms with Crippen LogP contribution in [0.2, 0.25) is 0 Å². The van der Waals surface area contributed by atoms with Crippen LogP contribution < -0.4 is 0 Å². The summed E-state index contributed by atoms with van der Waals surface area (Å²) in [4.78, 5) is 5.12. The van der Waals surface area contributed by atoms with Crippen molar-refractivity contribution in [2.45, 2.75) is 19.4 Å². The fourth-order valence-electron chi connectivity index (χ4n) is 1.61. The topological polar surface area (TPSA) is 42.4 Å². The first-order valence-corrected chi connectivity index (χ1v) is 5.33. The quantitative estimate of drug-likeness (QED) is 0.785. The van der Waals surface area contributed by atoms with Crippen molar-refractivity contribution in [3.05, 3.63) is 16.1 Å². The van der Waals surface area contributed by atoms with E-state index in [9.17, 15) is 5.11 Å². The summed E-state index contributed by atoms with van der Waals surface area (Å²) in [6.45, 7) is 3.39. The van der Waals surface area contributed by atoms with Gasteiger partial charge < -0.3 is 9.84 Å². The number of aromatic nitrogens is 1. The van der Waals surface area contributed by atoms with Crippen LogP contribution >= 0.6 is 11.3 Å². The summed E-state index contributed by atoms with van der Waals surface area (Å²) in [5, 5.41) is 9.98.